The lowest BCUT2D eigenvalue weighted by Gasteiger charge is -2.34. The summed E-state index contributed by atoms with van der Waals surface area (Å²) in [6.45, 7) is 3.15. The van der Waals surface area contributed by atoms with E-state index >= 15 is 0 Å². The number of nitrogens with one attached hydrogen (secondary N) is 2. The molecule has 1 saturated heterocycles. The number of benzene rings is 1. The van der Waals surface area contributed by atoms with Gasteiger partial charge in [0.05, 0.1) is 0 Å². The van der Waals surface area contributed by atoms with Gasteiger partial charge in [-0.15, -0.1) is 0 Å². The zero-order chi connectivity index (χ0) is 15.5. The van der Waals surface area contributed by atoms with Gasteiger partial charge in [-0.2, -0.15) is 0 Å². The van der Waals surface area contributed by atoms with E-state index in [1.54, 1.807) is 0 Å². The topological polar surface area (TPSA) is 108 Å². The molecule has 7 nitrogen and oxygen atoms in total. The van der Waals surface area contributed by atoms with Gasteiger partial charge in [-0.3, -0.25) is 0 Å². The Hall–Kier alpha value is -2.28. The number of anilines is 1. The highest BCUT2D eigenvalue weighted by Gasteiger charge is 2.29. The van der Waals surface area contributed by atoms with Crippen molar-refractivity contribution in [2.24, 2.45) is 0 Å². The molecule has 114 valence electrons. The zero-order valence-corrected chi connectivity index (χ0v) is 11.7. The summed E-state index contributed by atoms with van der Waals surface area (Å²) in [5.74, 6) is -1.62. The van der Waals surface area contributed by atoms with Gasteiger partial charge in [0.15, 0.2) is 0 Å². The Bertz CT molecular complexity index is 552. The van der Waals surface area contributed by atoms with Crippen LogP contribution in [0.2, 0.25) is 0 Å². The van der Waals surface area contributed by atoms with Crippen LogP contribution < -0.4 is 10.6 Å². The molecule has 0 radical (unpaired) electrons. The van der Waals surface area contributed by atoms with Crippen molar-refractivity contribution in [3.8, 4) is 5.75 Å². The van der Waals surface area contributed by atoms with Crippen molar-refractivity contribution < 1.29 is 24.5 Å². The predicted octanol–water partition coefficient (Wildman–Crippen LogP) is 1.78. The number of carboxylic acids is 1. The molecule has 2 amide bonds. The van der Waals surface area contributed by atoms with Crippen molar-refractivity contribution >= 4 is 17.7 Å². The first-order valence-electron chi connectivity index (χ1n) is 6.63. The second kappa shape index (κ2) is 6.01. The van der Waals surface area contributed by atoms with E-state index in [4.69, 9.17) is 9.84 Å². The maximum Gasteiger partial charge on any atom is 0.339 e. The molecular weight excluding hydrogens is 276 g/mol. The second-order valence-electron chi connectivity index (χ2n) is 5.29. The van der Waals surface area contributed by atoms with Crippen LogP contribution in [0.3, 0.4) is 0 Å². The summed E-state index contributed by atoms with van der Waals surface area (Å²) < 4.78 is 5.26. The molecular formula is C14H18N2O5. The maximum absolute atomic E-state index is 12.0. The average Bonchev–Trinajstić information content (AvgIpc) is 2.38. The quantitative estimate of drug-likeness (QED) is 0.679. The Kier molecular flexibility index (Phi) is 4.32. The van der Waals surface area contributed by atoms with Crippen LogP contribution >= 0.6 is 0 Å². The molecule has 7 heteroatoms. The molecule has 21 heavy (non-hydrogen) atoms. The molecule has 0 spiro atoms. The highest BCUT2D eigenvalue weighted by molar-refractivity contribution is 5.94. The van der Waals surface area contributed by atoms with Crippen LogP contribution in [0.25, 0.3) is 0 Å². The monoisotopic (exact) mass is 294 g/mol. The molecule has 1 aromatic rings. The summed E-state index contributed by atoms with van der Waals surface area (Å²) in [5, 5.41) is 23.8. The third kappa shape index (κ3) is 3.85. The lowest BCUT2D eigenvalue weighted by atomic mass is 9.93. The number of amides is 2. The summed E-state index contributed by atoms with van der Waals surface area (Å²) in [6, 6.07) is 3.47. The van der Waals surface area contributed by atoms with E-state index in [9.17, 15) is 14.7 Å². The van der Waals surface area contributed by atoms with Gasteiger partial charge < -0.3 is 25.6 Å². The average molecular weight is 294 g/mol. The first-order valence-corrected chi connectivity index (χ1v) is 6.63. The highest BCUT2D eigenvalue weighted by atomic mass is 16.5. The number of hydrogen-bond donors (Lipinski definition) is 4. The Morgan fingerprint density at radius 1 is 1.29 bits per heavy atom. The third-order valence-corrected chi connectivity index (χ3v) is 3.50. The minimum atomic E-state index is -1.22. The summed E-state index contributed by atoms with van der Waals surface area (Å²) >= 11 is 0. The van der Waals surface area contributed by atoms with Crippen LogP contribution in [0.5, 0.6) is 5.75 Å². The number of urea groups is 1. The zero-order valence-electron chi connectivity index (χ0n) is 11.7. The summed E-state index contributed by atoms with van der Waals surface area (Å²) in [4.78, 5) is 22.7. The van der Waals surface area contributed by atoms with Gasteiger partial charge in [-0.25, -0.2) is 9.59 Å². The number of carboxylic acid groups (broad SMARTS) is 1. The molecule has 1 heterocycles. The molecule has 1 aliphatic heterocycles. The standard InChI is InChI=1S/C14H18N2O5/c1-14(4-6-21-7-5-14)16-13(20)15-9-2-3-10(12(18)19)11(17)8-9/h2-3,8,17H,4-7H2,1H3,(H,18,19)(H2,15,16,20). The van der Waals surface area contributed by atoms with E-state index in [2.05, 4.69) is 10.6 Å². The number of rotatable bonds is 3. The number of hydrogen-bond acceptors (Lipinski definition) is 4. The molecule has 1 fully saturated rings. The summed E-state index contributed by atoms with van der Waals surface area (Å²) in [7, 11) is 0. The molecule has 0 atom stereocenters. The van der Waals surface area contributed by atoms with Gasteiger partial charge in [0, 0.05) is 30.5 Å². The second-order valence-corrected chi connectivity index (χ2v) is 5.29. The third-order valence-electron chi connectivity index (χ3n) is 3.50. The number of aromatic hydroxyl groups is 1. The van der Waals surface area contributed by atoms with Crippen molar-refractivity contribution in [3.05, 3.63) is 23.8 Å². The van der Waals surface area contributed by atoms with Crippen molar-refractivity contribution in [1.29, 1.82) is 0 Å². The molecule has 2 rings (SSSR count). The largest absolute Gasteiger partial charge is 0.507 e. The fourth-order valence-corrected chi connectivity index (χ4v) is 2.17. The molecule has 0 unspecified atom stereocenters. The van der Waals surface area contributed by atoms with Gasteiger partial charge in [0.2, 0.25) is 0 Å². The molecule has 0 bridgehead atoms. The fraction of sp³-hybridized carbons (Fsp3) is 0.429. The minimum absolute atomic E-state index is 0.211. The highest BCUT2D eigenvalue weighted by Crippen LogP contribution is 2.23. The number of aromatic carboxylic acids is 1. The van der Waals surface area contributed by atoms with Crippen molar-refractivity contribution in [2.75, 3.05) is 18.5 Å². The number of carbonyl (C=O) groups is 2. The van der Waals surface area contributed by atoms with Crippen LogP contribution in [0.1, 0.15) is 30.1 Å². The fourth-order valence-electron chi connectivity index (χ4n) is 2.17. The van der Waals surface area contributed by atoms with Crippen LogP contribution in [-0.4, -0.2) is 41.0 Å². The maximum atomic E-state index is 12.0. The Balaban J connectivity index is 1.99. The lowest BCUT2D eigenvalue weighted by Crippen LogP contribution is -2.51. The van der Waals surface area contributed by atoms with Crippen LogP contribution in [0.15, 0.2) is 18.2 Å². The van der Waals surface area contributed by atoms with Crippen LogP contribution in [0.4, 0.5) is 10.5 Å². The van der Waals surface area contributed by atoms with E-state index in [1.165, 1.54) is 18.2 Å². The van der Waals surface area contributed by atoms with Gasteiger partial charge in [-0.1, -0.05) is 0 Å². The van der Waals surface area contributed by atoms with Gasteiger partial charge in [0.1, 0.15) is 11.3 Å². The predicted molar refractivity (Wildman–Crippen MR) is 75.7 cm³/mol. The molecule has 1 aliphatic rings. The first kappa shape index (κ1) is 15.1. The number of ether oxygens (including phenoxy) is 1. The number of phenols is 1. The van der Waals surface area contributed by atoms with Crippen molar-refractivity contribution in [2.45, 2.75) is 25.3 Å². The van der Waals surface area contributed by atoms with Gasteiger partial charge in [-0.05, 0) is 31.9 Å². The molecule has 1 aromatic carbocycles. The molecule has 4 N–H and O–H groups in total. The van der Waals surface area contributed by atoms with Gasteiger partial charge >= 0.3 is 12.0 Å². The minimum Gasteiger partial charge on any atom is -0.507 e. The molecule has 0 saturated carbocycles. The van der Waals surface area contributed by atoms with Crippen molar-refractivity contribution in [3.63, 3.8) is 0 Å². The van der Waals surface area contributed by atoms with E-state index in [-0.39, 0.29) is 11.1 Å². The normalized spacial score (nSPS) is 17.0. The Labute approximate surface area is 121 Å². The SMILES string of the molecule is CC1(NC(=O)Nc2ccc(C(=O)O)c(O)c2)CCOCC1. The summed E-state index contributed by atoms with van der Waals surface area (Å²) in [5.41, 5.74) is -0.214. The number of carbonyl (C=O) groups excluding carboxylic acids is 1. The Morgan fingerprint density at radius 2 is 1.95 bits per heavy atom. The van der Waals surface area contributed by atoms with Crippen molar-refractivity contribution in [1.82, 2.24) is 5.32 Å². The molecule has 0 aromatic heterocycles. The van der Waals surface area contributed by atoms with E-state index in [0.29, 0.717) is 18.9 Å². The van der Waals surface area contributed by atoms with Crippen LogP contribution in [-0.2, 0) is 4.74 Å². The first-order chi connectivity index (χ1) is 9.89. The summed E-state index contributed by atoms with van der Waals surface area (Å²) in [6.07, 6.45) is 1.45. The van der Waals surface area contributed by atoms with E-state index in [0.717, 1.165) is 12.8 Å². The van der Waals surface area contributed by atoms with Gasteiger partial charge in [0.25, 0.3) is 0 Å². The smallest absolute Gasteiger partial charge is 0.339 e. The lowest BCUT2D eigenvalue weighted by molar-refractivity contribution is 0.0499. The van der Waals surface area contributed by atoms with E-state index in [1.807, 2.05) is 6.92 Å². The van der Waals surface area contributed by atoms with E-state index < -0.39 is 17.7 Å². The molecule has 0 aliphatic carbocycles. The van der Waals surface area contributed by atoms with Crippen LogP contribution in [0, 0.1) is 0 Å². The Morgan fingerprint density at radius 3 is 2.52 bits per heavy atom.